The first-order chi connectivity index (χ1) is 11.5. The molecule has 0 bridgehead atoms. The molecule has 0 aliphatic carbocycles. The van der Waals surface area contributed by atoms with Crippen LogP contribution in [0.2, 0.25) is 0 Å². The molecule has 1 aliphatic heterocycles. The van der Waals surface area contributed by atoms with Gasteiger partial charge in [0.15, 0.2) is 5.96 Å². The molecule has 2 rings (SSSR count). The van der Waals surface area contributed by atoms with Crippen LogP contribution in [-0.2, 0) is 4.79 Å². The molecule has 1 saturated heterocycles. The highest BCUT2D eigenvalue weighted by Gasteiger charge is 2.20. The third-order valence-electron chi connectivity index (χ3n) is 4.03. The molecule has 0 unspecified atom stereocenters. The number of likely N-dealkylation sites (tertiary alicyclic amines) is 1. The minimum absolute atomic E-state index is 0.0632. The summed E-state index contributed by atoms with van der Waals surface area (Å²) in [6.07, 6.45) is 3.70. The van der Waals surface area contributed by atoms with Gasteiger partial charge in [0.1, 0.15) is 0 Å². The molecule has 1 aromatic rings. The van der Waals surface area contributed by atoms with Gasteiger partial charge in [0.25, 0.3) is 0 Å². The van der Waals surface area contributed by atoms with Crippen molar-refractivity contribution in [2.45, 2.75) is 40.0 Å². The van der Waals surface area contributed by atoms with Crippen molar-refractivity contribution >= 4 is 17.6 Å². The lowest BCUT2D eigenvalue weighted by Crippen LogP contribution is -2.41. The van der Waals surface area contributed by atoms with Gasteiger partial charge in [-0.15, -0.1) is 0 Å². The molecule has 1 amide bonds. The second-order valence-corrected chi connectivity index (χ2v) is 7.25. The molecule has 132 valence electrons. The summed E-state index contributed by atoms with van der Waals surface area (Å²) in [5.41, 5.74) is 0.683. The maximum atomic E-state index is 11.9. The molecule has 2 N–H and O–H groups in total. The number of amides is 1. The van der Waals surface area contributed by atoms with Gasteiger partial charge in [-0.2, -0.15) is 0 Å². The summed E-state index contributed by atoms with van der Waals surface area (Å²) in [5, 5.41) is 6.38. The van der Waals surface area contributed by atoms with Gasteiger partial charge in [-0.1, -0.05) is 39.0 Å². The van der Waals surface area contributed by atoms with Gasteiger partial charge in [0.05, 0.1) is 6.54 Å². The molecular weight excluding hydrogens is 300 g/mol. The lowest BCUT2D eigenvalue weighted by atomic mass is 9.96. The molecular formula is C19H30N4O. The van der Waals surface area contributed by atoms with E-state index in [1.165, 1.54) is 19.3 Å². The molecule has 1 aliphatic rings. The van der Waals surface area contributed by atoms with Crippen molar-refractivity contribution in [2.75, 3.05) is 31.5 Å². The van der Waals surface area contributed by atoms with Gasteiger partial charge in [0, 0.05) is 30.7 Å². The number of aliphatic imine (C=N–C) groups is 1. The number of nitrogens with zero attached hydrogens (tertiary/aromatic N) is 2. The van der Waals surface area contributed by atoms with E-state index in [1.54, 1.807) is 0 Å². The van der Waals surface area contributed by atoms with Crippen molar-refractivity contribution in [3.8, 4) is 0 Å². The molecule has 5 nitrogen and oxygen atoms in total. The number of anilines is 1. The second-order valence-electron chi connectivity index (χ2n) is 7.25. The number of hydrogen-bond donors (Lipinski definition) is 2. The molecule has 1 aromatic carbocycles. The van der Waals surface area contributed by atoms with Crippen LogP contribution in [0.1, 0.15) is 40.0 Å². The zero-order chi connectivity index (χ0) is 17.4. The Bertz CT molecular complexity index is 542. The number of rotatable bonds is 4. The van der Waals surface area contributed by atoms with Crippen LogP contribution in [0.15, 0.2) is 35.3 Å². The Morgan fingerprint density at radius 2 is 1.79 bits per heavy atom. The molecule has 5 heteroatoms. The number of guanidine groups is 1. The number of hydrogen-bond acceptors (Lipinski definition) is 2. The van der Waals surface area contributed by atoms with Gasteiger partial charge in [-0.25, -0.2) is 0 Å². The fourth-order valence-corrected chi connectivity index (χ4v) is 2.57. The SMILES string of the molecule is CC(C)(C)C(=O)NCCN=C(Nc1ccccc1)N1CCCCC1. The topological polar surface area (TPSA) is 56.7 Å². The van der Waals surface area contributed by atoms with Crippen molar-refractivity contribution in [1.82, 2.24) is 10.2 Å². The Kier molecular flexibility index (Phi) is 6.64. The maximum absolute atomic E-state index is 11.9. The van der Waals surface area contributed by atoms with Crippen molar-refractivity contribution in [3.05, 3.63) is 30.3 Å². The van der Waals surface area contributed by atoms with Crippen molar-refractivity contribution in [3.63, 3.8) is 0 Å². The van der Waals surface area contributed by atoms with Crippen molar-refractivity contribution < 1.29 is 4.79 Å². The van der Waals surface area contributed by atoms with E-state index < -0.39 is 0 Å². The smallest absolute Gasteiger partial charge is 0.225 e. The quantitative estimate of drug-likeness (QED) is 0.507. The normalized spacial score (nSPS) is 16.0. The maximum Gasteiger partial charge on any atom is 0.225 e. The highest BCUT2D eigenvalue weighted by atomic mass is 16.2. The Hall–Kier alpha value is -2.04. The molecule has 1 heterocycles. The number of piperidine rings is 1. The minimum Gasteiger partial charge on any atom is -0.354 e. The van der Waals surface area contributed by atoms with Crippen LogP contribution in [0.3, 0.4) is 0 Å². The Morgan fingerprint density at radius 1 is 1.12 bits per heavy atom. The van der Waals surface area contributed by atoms with Crippen LogP contribution < -0.4 is 10.6 Å². The first-order valence-electron chi connectivity index (χ1n) is 8.86. The molecule has 0 spiro atoms. The van der Waals surface area contributed by atoms with Crippen LogP contribution in [-0.4, -0.2) is 42.9 Å². The summed E-state index contributed by atoms with van der Waals surface area (Å²) >= 11 is 0. The van der Waals surface area contributed by atoms with Crippen LogP contribution in [0, 0.1) is 5.41 Å². The van der Waals surface area contributed by atoms with E-state index in [9.17, 15) is 4.79 Å². The fourth-order valence-electron chi connectivity index (χ4n) is 2.57. The van der Waals surface area contributed by atoms with Gasteiger partial charge in [-0.05, 0) is 31.4 Å². The molecule has 24 heavy (non-hydrogen) atoms. The van der Waals surface area contributed by atoms with E-state index in [0.29, 0.717) is 13.1 Å². The average molecular weight is 330 g/mol. The number of nitrogens with one attached hydrogen (secondary N) is 2. The third-order valence-corrected chi connectivity index (χ3v) is 4.03. The number of para-hydroxylation sites is 1. The van der Waals surface area contributed by atoms with Crippen LogP contribution in [0.25, 0.3) is 0 Å². The lowest BCUT2D eigenvalue weighted by molar-refractivity contribution is -0.128. The minimum atomic E-state index is -0.359. The monoisotopic (exact) mass is 330 g/mol. The largest absolute Gasteiger partial charge is 0.354 e. The first-order valence-corrected chi connectivity index (χ1v) is 8.86. The van der Waals surface area contributed by atoms with Crippen molar-refractivity contribution in [1.29, 1.82) is 0 Å². The molecule has 0 atom stereocenters. The first kappa shape index (κ1) is 18.3. The lowest BCUT2D eigenvalue weighted by Gasteiger charge is -2.30. The van der Waals surface area contributed by atoms with Gasteiger partial charge < -0.3 is 15.5 Å². The van der Waals surface area contributed by atoms with E-state index in [0.717, 1.165) is 24.7 Å². The summed E-state index contributed by atoms with van der Waals surface area (Å²) in [6, 6.07) is 10.1. The molecule has 0 radical (unpaired) electrons. The van der Waals surface area contributed by atoms with Gasteiger partial charge in [-0.3, -0.25) is 9.79 Å². The summed E-state index contributed by atoms with van der Waals surface area (Å²) in [7, 11) is 0. The molecule has 0 aromatic heterocycles. The Morgan fingerprint density at radius 3 is 2.42 bits per heavy atom. The van der Waals surface area contributed by atoms with Crippen LogP contribution in [0.5, 0.6) is 0 Å². The summed E-state index contributed by atoms with van der Waals surface area (Å²) < 4.78 is 0. The number of carbonyl (C=O) groups excluding carboxylic acids is 1. The van der Waals surface area contributed by atoms with E-state index in [4.69, 9.17) is 4.99 Å². The zero-order valence-corrected chi connectivity index (χ0v) is 15.1. The zero-order valence-electron chi connectivity index (χ0n) is 15.1. The summed E-state index contributed by atoms with van der Waals surface area (Å²) in [4.78, 5) is 18.9. The van der Waals surface area contributed by atoms with E-state index in [-0.39, 0.29) is 11.3 Å². The third kappa shape index (κ3) is 5.87. The predicted molar refractivity (Wildman–Crippen MR) is 100 cm³/mol. The van der Waals surface area contributed by atoms with Crippen LogP contribution >= 0.6 is 0 Å². The number of carbonyl (C=O) groups is 1. The van der Waals surface area contributed by atoms with E-state index in [2.05, 4.69) is 15.5 Å². The fraction of sp³-hybridized carbons (Fsp3) is 0.579. The predicted octanol–water partition coefficient (Wildman–Crippen LogP) is 3.10. The van der Waals surface area contributed by atoms with Crippen LogP contribution in [0.4, 0.5) is 5.69 Å². The average Bonchev–Trinajstić information content (AvgIpc) is 2.58. The van der Waals surface area contributed by atoms with E-state index in [1.807, 2.05) is 51.1 Å². The van der Waals surface area contributed by atoms with Gasteiger partial charge >= 0.3 is 0 Å². The second kappa shape index (κ2) is 8.71. The number of benzene rings is 1. The Balaban J connectivity index is 1.95. The molecule has 1 fully saturated rings. The summed E-state index contributed by atoms with van der Waals surface area (Å²) in [5.74, 6) is 0.971. The molecule has 0 saturated carbocycles. The Labute approximate surface area is 145 Å². The summed E-state index contributed by atoms with van der Waals surface area (Å²) in [6.45, 7) is 8.96. The highest BCUT2D eigenvalue weighted by Crippen LogP contribution is 2.13. The van der Waals surface area contributed by atoms with E-state index >= 15 is 0 Å². The van der Waals surface area contributed by atoms with Gasteiger partial charge in [0.2, 0.25) is 5.91 Å². The highest BCUT2D eigenvalue weighted by molar-refractivity contribution is 5.93. The standard InChI is InChI=1S/C19H30N4O/c1-19(2,3)17(24)20-12-13-21-18(23-14-8-5-9-15-23)22-16-10-6-4-7-11-16/h4,6-7,10-11H,5,8-9,12-15H2,1-3H3,(H,20,24)(H,21,22). The van der Waals surface area contributed by atoms with Crippen molar-refractivity contribution in [2.24, 2.45) is 10.4 Å².